The predicted octanol–water partition coefficient (Wildman–Crippen LogP) is 6.03. The van der Waals surface area contributed by atoms with Crippen LogP contribution in [0, 0.1) is 11.8 Å². The first kappa shape index (κ1) is 29.2. The van der Waals surface area contributed by atoms with Crippen LogP contribution in [0.1, 0.15) is 62.1 Å². The average Bonchev–Trinajstić information content (AvgIpc) is 3.49. The summed E-state index contributed by atoms with van der Waals surface area (Å²) in [5, 5.41) is 4.07. The fourth-order valence-corrected chi connectivity index (χ4v) is 9.82. The van der Waals surface area contributed by atoms with Gasteiger partial charge >= 0.3 is 0 Å². The number of hydrogen-bond acceptors (Lipinski definition) is 5. The molecule has 3 aliphatic heterocycles. The van der Waals surface area contributed by atoms with Gasteiger partial charge in [-0.05, 0) is 80.8 Å². The fraction of sp³-hybridized carbons (Fsp3) is 0.486. The predicted molar refractivity (Wildman–Crippen MR) is 171 cm³/mol. The van der Waals surface area contributed by atoms with Crippen molar-refractivity contribution in [1.82, 2.24) is 10.2 Å². The number of rotatable bonds is 10. The maximum absolute atomic E-state index is 12.7. The van der Waals surface area contributed by atoms with E-state index in [1.54, 1.807) is 7.11 Å². The molecule has 42 heavy (non-hydrogen) atoms. The third-order valence-electron chi connectivity index (χ3n) is 9.97. The summed E-state index contributed by atoms with van der Waals surface area (Å²) >= 11 is 0. The highest BCUT2D eigenvalue weighted by molar-refractivity contribution is 7.92. The zero-order chi connectivity index (χ0) is 29.4. The molecule has 3 heterocycles. The molecule has 3 aromatic rings. The summed E-state index contributed by atoms with van der Waals surface area (Å²) in [5.41, 5.74) is 4.39. The minimum atomic E-state index is -3.42. The van der Waals surface area contributed by atoms with Gasteiger partial charge in [-0.3, -0.25) is 9.21 Å². The van der Waals surface area contributed by atoms with Crippen LogP contribution < -0.4 is 14.4 Å². The summed E-state index contributed by atoms with van der Waals surface area (Å²) in [5.74, 6) is 2.38. The Labute approximate surface area is 252 Å². The molecular formula is C35H45N3O3S. The average molecular weight is 588 g/mol. The summed E-state index contributed by atoms with van der Waals surface area (Å²) < 4.78 is 32.7. The second-order valence-corrected chi connectivity index (χ2v) is 14.6. The molecule has 6 atom stereocenters. The van der Waals surface area contributed by atoms with Gasteiger partial charge in [0, 0.05) is 42.2 Å². The molecule has 0 amide bonds. The highest BCUT2D eigenvalue weighted by Gasteiger charge is 2.55. The molecule has 0 aromatic heterocycles. The molecule has 1 aliphatic carbocycles. The number of fused-ring (bicyclic) bond motifs is 2. The summed E-state index contributed by atoms with van der Waals surface area (Å²) in [6.45, 7) is 5.59. The number of sulfonamides is 1. The van der Waals surface area contributed by atoms with E-state index >= 15 is 0 Å². The van der Waals surface area contributed by atoms with Gasteiger partial charge in [-0.2, -0.15) is 0 Å². The van der Waals surface area contributed by atoms with Gasteiger partial charge in [0.1, 0.15) is 5.75 Å². The van der Waals surface area contributed by atoms with Gasteiger partial charge < -0.3 is 10.1 Å². The lowest BCUT2D eigenvalue weighted by atomic mass is 9.64. The molecule has 1 saturated carbocycles. The SMILES string of the molecule is COc1ccc(N(C(C)C)S(C)(=O)=O)cc1CNC1C2CCN(C3CCCC23)C1C(c1ccccc1)c1ccccc1. The Kier molecular flexibility index (Phi) is 8.36. The van der Waals surface area contributed by atoms with Crippen molar-refractivity contribution in [1.29, 1.82) is 0 Å². The number of nitrogens with one attached hydrogen (secondary N) is 1. The highest BCUT2D eigenvalue weighted by atomic mass is 32.2. The Morgan fingerprint density at radius 1 is 0.929 bits per heavy atom. The van der Waals surface area contributed by atoms with Gasteiger partial charge in [-0.1, -0.05) is 67.1 Å². The molecular weight excluding hydrogens is 542 g/mol. The van der Waals surface area contributed by atoms with Gasteiger partial charge in [0.15, 0.2) is 0 Å². The Morgan fingerprint density at radius 2 is 1.60 bits per heavy atom. The maximum atomic E-state index is 12.7. The lowest BCUT2D eigenvalue weighted by Gasteiger charge is -2.60. The number of anilines is 1. The lowest BCUT2D eigenvalue weighted by Crippen LogP contribution is -2.69. The maximum Gasteiger partial charge on any atom is 0.232 e. The smallest absolute Gasteiger partial charge is 0.232 e. The van der Waals surface area contributed by atoms with Crippen LogP contribution in [0.5, 0.6) is 5.75 Å². The topological polar surface area (TPSA) is 61.9 Å². The van der Waals surface area contributed by atoms with Crippen molar-refractivity contribution in [2.75, 3.05) is 24.2 Å². The van der Waals surface area contributed by atoms with Gasteiger partial charge in [-0.25, -0.2) is 8.42 Å². The van der Waals surface area contributed by atoms with E-state index in [0.29, 0.717) is 36.3 Å². The molecule has 0 radical (unpaired) electrons. The van der Waals surface area contributed by atoms with Gasteiger partial charge in [-0.15, -0.1) is 0 Å². The van der Waals surface area contributed by atoms with Crippen LogP contribution in [-0.4, -0.2) is 57.4 Å². The molecule has 0 spiro atoms. The third kappa shape index (κ3) is 5.47. The third-order valence-corrected chi connectivity index (χ3v) is 11.3. The van der Waals surface area contributed by atoms with Crippen molar-refractivity contribution < 1.29 is 13.2 Å². The molecule has 3 aromatic carbocycles. The van der Waals surface area contributed by atoms with Crippen LogP contribution in [0.4, 0.5) is 5.69 Å². The first-order valence-corrected chi connectivity index (χ1v) is 17.4. The fourth-order valence-electron chi connectivity index (χ4n) is 8.55. The van der Waals surface area contributed by atoms with E-state index in [-0.39, 0.29) is 12.0 Å². The number of hydrogen-bond donors (Lipinski definition) is 1. The van der Waals surface area contributed by atoms with Crippen LogP contribution in [0.2, 0.25) is 0 Å². The van der Waals surface area contributed by atoms with E-state index < -0.39 is 10.0 Å². The van der Waals surface area contributed by atoms with Crippen molar-refractivity contribution in [3.63, 3.8) is 0 Å². The standard InChI is InChI=1S/C35H45N3O3S/c1-24(2)38(42(4,39)40)28-18-19-32(41-3)27(22-28)23-36-34-30-20-21-37(31-17-11-16-29(30)31)35(34)33(25-12-7-5-8-13-25)26-14-9-6-10-15-26/h5-10,12-15,18-19,22,24,29-31,33-36H,11,16-17,20-21,23H2,1-4H3. The van der Waals surface area contributed by atoms with Crippen LogP contribution >= 0.6 is 0 Å². The summed E-state index contributed by atoms with van der Waals surface area (Å²) in [4.78, 5) is 2.86. The largest absolute Gasteiger partial charge is 0.496 e. The Hall–Kier alpha value is -2.87. The Balaban J connectivity index is 1.38. The monoisotopic (exact) mass is 587 g/mol. The number of ether oxygens (including phenoxy) is 1. The van der Waals surface area contributed by atoms with Crippen molar-refractivity contribution >= 4 is 15.7 Å². The van der Waals surface area contributed by atoms with E-state index in [4.69, 9.17) is 4.74 Å². The second kappa shape index (κ2) is 12.0. The molecule has 2 bridgehead atoms. The lowest BCUT2D eigenvalue weighted by molar-refractivity contribution is -0.0706. The zero-order valence-corrected chi connectivity index (χ0v) is 26.1. The summed E-state index contributed by atoms with van der Waals surface area (Å²) in [6, 6.07) is 28.9. The van der Waals surface area contributed by atoms with Gasteiger partial charge in [0.05, 0.1) is 19.1 Å². The minimum absolute atomic E-state index is 0.183. The number of nitrogens with zero attached hydrogens (tertiary/aromatic N) is 2. The molecule has 224 valence electrons. The molecule has 7 rings (SSSR count). The molecule has 4 aliphatic rings. The number of benzene rings is 3. The van der Waals surface area contributed by atoms with E-state index in [9.17, 15) is 8.42 Å². The van der Waals surface area contributed by atoms with Crippen LogP contribution in [-0.2, 0) is 16.6 Å². The first-order chi connectivity index (χ1) is 20.3. The number of methoxy groups -OCH3 is 1. The number of piperidine rings is 3. The van der Waals surface area contributed by atoms with Crippen molar-refractivity contribution in [3.05, 3.63) is 95.6 Å². The van der Waals surface area contributed by atoms with E-state index in [0.717, 1.165) is 23.8 Å². The molecule has 1 N–H and O–H groups in total. The molecule has 7 heteroatoms. The molecule has 3 saturated heterocycles. The minimum Gasteiger partial charge on any atom is -0.496 e. The van der Waals surface area contributed by atoms with E-state index in [1.807, 2.05) is 32.0 Å². The van der Waals surface area contributed by atoms with Gasteiger partial charge in [0.2, 0.25) is 10.0 Å². The molecule has 4 fully saturated rings. The van der Waals surface area contributed by atoms with E-state index in [2.05, 4.69) is 70.9 Å². The van der Waals surface area contributed by atoms with Crippen molar-refractivity contribution in [2.45, 2.75) is 76.2 Å². The quantitative estimate of drug-likeness (QED) is 0.314. The zero-order valence-electron chi connectivity index (χ0n) is 25.3. The van der Waals surface area contributed by atoms with Crippen molar-refractivity contribution in [3.8, 4) is 5.75 Å². The highest BCUT2D eigenvalue weighted by Crippen LogP contribution is 2.52. The van der Waals surface area contributed by atoms with E-state index in [1.165, 1.54) is 47.4 Å². The summed E-state index contributed by atoms with van der Waals surface area (Å²) in [7, 11) is -1.73. The first-order valence-electron chi connectivity index (χ1n) is 15.5. The van der Waals surface area contributed by atoms with Crippen LogP contribution in [0.15, 0.2) is 78.9 Å². The summed E-state index contributed by atoms with van der Waals surface area (Å²) in [6.07, 6.45) is 6.42. The Bertz CT molecular complexity index is 1420. The van der Waals surface area contributed by atoms with Crippen molar-refractivity contribution in [2.24, 2.45) is 11.8 Å². The molecule has 6 unspecified atom stereocenters. The Morgan fingerprint density at radius 3 is 2.19 bits per heavy atom. The second-order valence-electron chi connectivity index (χ2n) is 12.7. The molecule has 6 nitrogen and oxygen atoms in total. The van der Waals surface area contributed by atoms with Gasteiger partial charge in [0.25, 0.3) is 0 Å². The normalized spacial score (nSPS) is 26.9. The van der Waals surface area contributed by atoms with Crippen LogP contribution in [0.3, 0.4) is 0 Å². The van der Waals surface area contributed by atoms with Crippen LogP contribution in [0.25, 0.3) is 0 Å².